The van der Waals surface area contributed by atoms with Crippen LogP contribution in [0.15, 0.2) is 60.7 Å². The van der Waals surface area contributed by atoms with E-state index in [1.807, 2.05) is 61.5 Å². The second-order valence-corrected chi connectivity index (χ2v) is 7.83. The van der Waals surface area contributed by atoms with Gasteiger partial charge in [-0.25, -0.2) is 0 Å². The van der Waals surface area contributed by atoms with Gasteiger partial charge in [0, 0.05) is 12.2 Å². The van der Waals surface area contributed by atoms with E-state index in [9.17, 15) is 18.3 Å². The van der Waals surface area contributed by atoms with Gasteiger partial charge in [0.05, 0.1) is 6.54 Å². The molecule has 0 radical (unpaired) electrons. The molecule has 0 saturated heterocycles. The van der Waals surface area contributed by atoms with Crippen LogP contribution in [0.4, 0.5) is 18.9 Å². The number of nitrogens with zero attached hydrogens (tertiary/aromatic N) is 1. The van der Waals surface area contributed by atoms with Gasteiger partial charge in [-0.1, -0.05) is 74.5 Å². The van der Waals surface area contributed by atoms with Crippen LogP contribution in [0.1, 0.15) is 37.8 Å². The largest absolute Gasteiger partial charge is 0.418 e. The van der Waals surface area contributed by atoms with Gasteiger partial charge < -0.3 is 10.0 Å². The number of aliphatic hydroxyl groups is 1. The van der Waals surface area contributed by atoms with Crippen LogP contribution < -0.4 is 4.90 Å². The Morgan fingerprint density at radius 2 is 1.64 bits per heavy atom. The highest BCUT2D eigenvalue weighted by Gasteiger charge is 2.57. The number of para-hydroxylation sites is 1. The van der Waals surface area contributed by atoms with Crippen molar-refractivity contribution in [3.8, 4) is 0 Å². The van der Waals surface area contributed by atoms with Gasteiger partial charge >= 0.3 is 6.18 Å². The Kier molecular flexibility index (Phi) is 5.57. The first-order valence-electron chi connectivity index (χ1n) is 9.54. The van der Waals surface area contributed by atoms with Crippen molar-refractivity contribution < 1.29 is 18.3 Å². The molecule has 28 heavy (non-hydrogen) atoms. The summed E-state index contributed by atoms with van der Waals surface area (Å²) in [6, 6.07) is 16.5. The van der Waals surface area contributed by atoms with Gasteiger partial charge in [0.2, 0.25) is 0 Å². The summed E-state index contributed by atoms with van der Waals surface area (Å²) in [7, 11) is 0. The van der Waals surface area contributed by atoms with Crippen molar-refractivity contribution in [3.63, 3.8) is 0 Å². The Morgan fingerprint density at radius 3 is 2.29 bits per heavy atom. The fourth-order valence-corrected chi connectivity index (χ4v) is 3.95. The maximum atomic E-state index is 14.1. The molecular formula is C23H26F3NO. The first-order chi connectivity index (χ1) is 13.2. The minimum Gasteiger partial charge on any atom is -0.379 e. The molecule has 5 heteroatoms. The van der Waals surface area contributed by atoms with Crippen molar-refractivity contribution in [3.05, 3.63) is 71.8 Å². The van der Waals surface area contributed by atoms with E-state index in [-0.39, 0.29) is 0 Å². The van der Waals surface area contributed by atoms with Crippen molar-refractivity contribution in [1.29, 1.82) is 0 Å². The molecule has 1 aliphatic heterocycles. The summed E-state index contributed by atoms with van der Waals surface area (Å²) >= 11 is 0. The van der Waals surface area contributed by atoms with Crippen molar-refractivity contribution in [2.24, 2.45) is 0 Å². The van der Waals surface area contributed by atoms with E-state index < -0.39 is 30.2 Å². The molecule has 0 aromatic heterocycles. The summed E-state index contributed by atoms with van der Waals surface area (Å²) in [5.41, 5.74) is -1.24. The molecule has 2 aromatic rings. The van der Waals surface area contributed by atoms with Crippen LogP contribution in [-0.2, 0) is 5.41 Å². The van der Waals surface area contributed by atoms with Crippen molar-refractivity contribution in [1.82, 2.24) is 0 Å². The molecule has 3 rings (SSSR count). The third kappa shape index (κ3) is 3.95. The topological polar surface area (TPSA) is 23.5 Å². The van der Waals surface area contributed by atoms with Gasteiger partial charge in [0.15, 0.2) is 5.60 Å². The zero-order valence-corrected chi connectivity index (χ0v) is 16.2. The Balaban J connectivity index is 1.95. The number of hydrogen-bond donors (Lipinski definition) is 1. The van der Waals surface area contributed by atoms with Crippen molar-refractivity contribution in [2.75, 3.05) is 18.0 Å². The van der Waals surface area contributed by atoms with E-state index in [0.717, 1.165) is 11.1 Å². The van der Waals surface area contributed by atoms with Crippen LogP contribution in [-0.4, -0.2) is 30.0 Å². The second kappa shape index (κ2) is 7.63. The molecule has 2 nitrogen and oxygen atoms in total. The average Bonchev–Trinajstić information content (AvgIpc) is 2.68. The standard InChI is InChI=1S/C23H26F3NO/c1-3-21(2,19-12-5-4-6-13-19)16-22(28,23(24,25)26)17-27-15-9-11-18-10-7-8-14-20(18)27/h4-14,28H,3,15-17H2,1-2H3. The fraction of sp³-hybridized carbons (Fsp3) is 0.391. The fourth-order valence-electron chi connectivity index (χ4n) is 3.95. The van der Waals surface area contributed by atoms with Crippen LogP contribution in [0.3, 0.4) is 0 Å². The lowest BCUT2D eigenvalue weighted by atomic mass is 9.71. The molecule has 2 aromatic carbocycles. The third-order valence-electron chi connectivity index (χ3n) is 5.81. The number of fused-ring (bicyclic) bond motifs is 1. The summed E-state index contributed by atoms with van der Waals surface area (Å²) < 4.78 is 42.4. The van der Waals surface area contributed by atoms with Crippen LogP contribution in [0.25, 0.3) is 6.08 Å². The molecule has 1 heterocycles. The number of halogens is 3. The zero-order valence-electron chi connectivity index (χ0n) is 16.2. The van der Waals surface area contributed by atoms with Gasteiger partial charge in [-0.2, -0.15) is 13.2 Å². The number of hydrogen-bond acceptors (Lipinski definition) is 2. The van der Waals surface area contributed by atoms with Gasteiger partial charge in [0.1, 0.15) is 0 Å². The molecule has 0 amide bonds. The summed E-state index contributed by atoms with van der Waals surface area (Å²) in [6.45, 7) is 3.50. The Morgan fingerprint density at radius 1 is 1.00 bits per heavy atom. The Hall–Kier alpha value is -2.27. The predicted molar refractivity (Wildman–Crippen MR) is 107 cm³/mol. The van der Waals surface area contributed by atoms with E-state index >= 15 is 0 Å². The molecule has 0 saturated carbocycles. The molecule has 0 bridgehead atoms. The SMILES string of the molecule is CCC(C)(CC(O)(CN1CC=Cc2ccccc21)C(F)(F)F)c1ccccc1. The molecule has 2 atom stereocenters. The van der Waals surface area contributed by atoms with E-state index in [1.165, 1.54) is 0 Å². The number of rotatable bonds is 6. The number of anilines is 1. The van der Waals surface area contributed by atoms with Gasteiger partial charge in [-0.3, -0.25) is 0 Å². The molecule has 0 fully saturated rings. The highest BCUT2D eigenvalue weighted by molar-refractivity contribution is 5.71. The molecule has 0 spiro atoms. The van der Waals surface area contributed by atoms with Crippen LogP contribution >= 0.6 is 0 Å². The molecule has 1 aliphatic rings. The zero-order chi connectivity index (χ0) is 20.4. The molecular weight excluding hydrogens is 363 g/mol. The van der Waals surface area contributed by atoms with Crippen molar-refractivity contribution in [2.45, 2.75) is 43.9 Å². The minimum absolute atomic E-state index is 0.337. The van der Waals surface area contributed by atoms with Gasteiger partial charge in [0.25, 0.3) is 0 Å². The lowest BCUT2D eigenvalue weighted by Gasteiger charge is -2.43. The summed E-state index contributed by atoms with van der Waals surface area (Å²) in [6.07, 6.45) is -0.916. The molecule has 2 unspecified atom stereocenters. The summed E-state index contributed by atoms with van der Waals surface area (Å²) in [5.74, 6) is 0. The van der Waals surface area contributed by atoms with Crippen LogP contribution in [0, 0.1) is 0 Å². The number of β-amino-alcohol motifs (C(OH)–C–C–N with tert-alkyl or cyclic N) is 1. The van der Waals surface area contributed by atoms with Gasteiger partial charge in [-0.15, -0.1) is 0 Å². The average molecular weight is 389 g/mol. The first kappa shape index (κ1) is 20.5. The third-order valence-corrected chi connectivity index (χ3v) is 5.81. The quantitative estimate of drug-likeness (QED) is 0.698. The van der Waals surface area contributed by atoms with Crippen LogP contribution in [0.2, 0.25) is 0 Å². The first-order valence-corrected chi connectivity index (χ1v) is 9.54. The second-order valence-electron chi connectivity index (χ2n) is 7.83. The number of alkyl halides is 3. The van der Waals surface area contributed by atoms with E-state index in [4.69, 9.17) is 0 Å². The highest BCUT2D eigenvalue weighted by atomic mass is 19.4. The highest BCUT2D eigenvalue weighted by Crippen LogP contribution is 2.44. The Bertz CT molecular complexity index is 833. The monoisotopic (exact) mass is 389 g/mol. The maximum absolute atomic E-state index is 14.1. The predicted octanol–water partition coefficient (Wildman–Crippen LogP) is 5.57. The van der Waals surface area contributed by atoms with E-state index in [1.54, 1.807) is 24.0 Å². The minimum atomic E-state index is -4.74. The molecule has 150 valence electrons. The summed E-state index contributed by atoms with van der Waals surface area (Å²) in [5, 5.41) is 11.0. The molecule has 1 N–H and O–H groups in total. The normalized spacial score (nSPS) is 18.3. The summed E-state index contributed by atoms with van der Waals surface area (Å²) in [4.78, 5) is 1.61. The lowest BCUT2D eigenvalue weighted by molar-refractivity contribution is -0.263. The lowest BCUT2D eigenvalue weighted by Crippen LogP contribution is -2.57. The smallest absolute Gasteiger partial charge is 0.379 e. The molecule has 0 aliphatic carbocycles. The van der Waals surface area contributed by atoms with E-state index in [0.29, 0.717) is 18.7 Å². The van der Waals surface area contributed by atoms with Crippen LogP contribution in [0.5, 0.6) is 0 Å². The van der Waals surface area contributed by atoms with E-state index in [2.05, 4.69) is 0 Å². The number of benzene rings is 2. The maximum Gasteiger partial charge on any atom is 0.418 e. The Labute approximate surface area is 164 Å². The van der Waals surface area contributed by atoms with Crippen molar-refractivity contribution >= 4 is 11.8 Å². The van der Waals surface area contributed by atoms with Gasteiger partial charge in [-0.05, 0) is 35.4 Å².